The van der Waals surface area contributed by atoms with Gasteiger partial charge in [-0.1, -0.05) is 12.8 Å². The lowest BCUT2D eigenvalue weighted by atomic mass is 9.81. The Morgan fingerprint density at radius 1 is 0.950 bits per heavy atom. The maximum Gasteiger partial charge on any atom is 0.226 e. The van der Waals surface area contributed by atoms with Gasteiger partial charge in [0.2, 0.25) is 5.91 Å². The van der Waals surface area contributed by atoms with Crippen LogP contribution in [0, 0.1) is 23.7 Å². The van der Waals surface area contributed by atoms with Crippen molar-refractivity contribution in [3.05, 3.63) is 0 Å². The summed E-state index contributed by atoms with van der Waals surface area (Å²) in [6.07, 6.45) is 10.0. The van der Waals surface area contributed by atoms with Crippen LogP contribution in [0.5, 0.6) is 0 Å². The fraction of sp³-hybridized carbons (Fsp3) is 0.882. The molecule has 4 fully saturated rings. The first-order valence-electron chi connectivity index (χ1n) is 8.60. The molecule has 3 saturated carbocycles. The number of fused-ring (bicyclic) bond motifs is 1. The van der Waals surface area contributed by atoms with Gasteiger partial charge in [0, 0.05) is 30.8 Å². The summed E-state index contributed by atoms with van der Waals surface area (Å²) < 4.78 is 0. The third kappa shape index (κ3) is 1.93. The predicted octanol–water partition coefficient (Wildman–Crippen LogP) is 2.78. The third-order valence-electron chi connectivity index (χ3n) is 6.34. The molecule has 0 bridgehead atoms. The Hall–Kier alpha value is -0.860. The number of hydrogen-bond donors (Lipinski definition) is 0. The van der Waals surface area contributed by atoms with E-state index in [0.717, 1.165) is 38.6 Å². The van der Waals surface area contributed by atoms with E-state index < -0.39 is 0 Å². The SMILES string of the molecule is O=C1CCCCC1C1CCCN1C(=O)C1C2CCCC21. The number of rotatable bonds is 2. The van der Waals surface area contributed by atoms with Gasteiger partial charge in [-0.15, -0.1) is 0 Å². The van der Waals surface area contributed by atoms with Crippen molar-refractivity contribution in [3.63, 3.8) is 0 Å². The molecule has 1 amide bonds. The van der Waals surface area contributed by atoms with Crippen LogP contribution < -0.4 is 0 Å². The molecule has 0 radical (unpaired) electrons. The van der Waals surface area contributed by atoms with E-state index in [-0.39, 0.29) is 12.0 Å². The average molecular weight is 275 g/mol. The average Bonchev–Trinajstić information content (AvgIpc) is 2.87. The van der Waals surface area contributed by atoms with Gasteiger partial charge in [0.05, 0.1) is 0 Å². The van der Waals surface area contributed by atoms with Gasteiger partial charge in [0.15, 0.2) is 0 Å². The second kappa shape index (κ2) is 4.85. The minimum Gasteiger partial charge on any atom is -0.339 e. The third-order valence-corrected chi connectivity index (χ3v) is 6.34. The lowest BCUT2D eigenvalue weighted by Crippen LogP contribution is -2.44. The van der Waals surface area contributed by atoms with Gasteiger partial charge in [0.25, 0.3) is 0 Å². The van der Waals surface area contributed by atoms with Crippen LogP contribution >= 0.6 is 0 Å². The largest absolute Gasteiger partial charge is 0.339 e. The van der Waals surface area contributed by atoms with Crippen LogP contribution in [0.15, 0.2) is 0 Å². The molecule has 110 valence electrons. The molecule has 3 heteroatoms. The van der Waals surface area contributed by atoms with Gasteiger partial charge < -0.3 is 4.90 Å². The van der Waals surface area contributed by atoms with E-state index in [2.05, 4.69) is 4.90 Å². The van der Waals surface area contributed by atoms with E-state index in [0.29, 0.717) is 29.4 Å². The van der Waals surface area contributed by atoms with Crippen molar-refractivity contribution in [2.24, 2.45) is 23.7 Å². The zero-order chi connectivity index (χ0) is 13.7. The fourth-order valence-corrected chi connectivity index (χ4v) is 5.28. The van der Waals surface area contributed by atoms with E-state index in [1.54, 1.807) is 0 Å². The van der Waals surface area contributed by atoms with Crippen molar-refractivity contribution in [2.45, 2.75) is 63.8 Å². The summed E-state index contributed by atoms with van der Waals surface area (Å²) in [4.78, 5) is 27.1. The Morgan fingerprint density at radius 2 is 1.75 bits per heavy atom. The van der Waals surface area contributed by atoms with Gasteiger partial charge in [-0.3, -0.25) is 9.59 Å². The van der Waals surface area contributed by atoms with Crippen LogP contribution in [-0.2, 0) is 9.59 Å². The van der Waals surface area contributed by atoms with Gasteiger partial charge in [-0.2, -0.15) is 0 Å². The van der Waals surface area contributed by atoms with E-state index in [1.807, 2.05) is 0 Å². The van der Waals surface area contributed by atoms with Crippen LogP contribution in [0.25, 0.3) is 0 Å². The van der Waals surface area contributed by atoms with E-state index in [1.165, 1.54) is 25.7 Å². The molecular weight excluding hydrogens is 250 g/mol. The molecule has 3 aliphatic carbocycles. The Morgan fingerprint density at radius 3 is 2.50 bits per heavy atom. The highest BCUT2D eigenvalue weighted by atomic mass is 16.2. The lowest BCUT2D eigenvalue weighted by Gasteiger charge is -2.33. The smallest absolute Gasteiger partial charge is 0.226 e. The Kier molecular flexibility index (Phi) is 3.12. The van der Waals surface area contributed by atoms with Crippen LogP contribution in [0.3, 0.4) is 0 Å². The minimum absolute atomic E-state index is 0.161. The van der Waals surface area contributed by atoms with Gasteiger partial charge in [0.1, 0.15) is 5.78 Å². The normalized spacial score (nSPS) is 43.7. The molecule has 0 aromatic carbocycles. The number of amides is 1. The Bertz CT molecular complexity index is 423. The zero-order valence-electron chi connectivity index (χ0n) is 12.2. The molecule has 0 spiro atoms. The number of Topliss-reactive ketones (excluding diaryl/α,β-unsaturated/α-hetero) is 1. The molecule has 3 nitrogen and oxygen atoms in total. The number of carbonyl (C=O) groups is 2. The van der Waals surface area contributed by atoms with Crippen molar-refractivity contribution in [1.29, 1.82) is 0 Å². The first-order valence-corrected chi connectivity index (χ1v) is 8.60. The van der Waals surface area contributed by atoms with Crippen molar-refractivity contribution in [2.75, 3.05) is 6.54 Å². The molecule has 4 aliphatic rings. The van der Waals surface area contributed by atoms with Crippen molar-refractivity contribution in [1.82, 2.24) is 4.90 Å². The van der Waals surface area contributed by atoms with Gasteiger partial charge in [-0.05, 0) is 50.4 Å². The Labute approximate surface area is 121 Å². The monoisotopic (exact) mass is 275 g/mol. The molecule has 4 rings (SSSR count). The summed E-state index contributed by atoms with van der Waals surface area (Å²) in [6, 6.07) is 0.247. The highest BCUT2D eigenvalue weighted by molar-refractivity contribution is 5.86. The second-order valence-corrected chi connectivity index (χ2v) is 7.34. The molecule has 0 aromatic rings. The van der Waals surface area contributed by atoms with Gasteiger partial charge in [-0.25, -0.2) is 0 Å². The highest BCUT2D eigenvalue weighted by Gasteiger charge is 2.58. The molecule has 1 saturated heterocycles. The summed E-state index contributed by atoms with van der Waals surface area (Å²) in [6.45, 7) is 0.906. The van der Waals surface area contributed by atoms with Crippen molar-refractivity contribution >= 4 is 11.7 Å². The van der Waals surface area contributed by atoms with E-state index in [9.17, 15) is 9.59 Å². The van der Waals surface area contributed by atoms with Gasteiger partial charge >= 0.3 is 0 Å². The molecular formula is C17H25NO2. The predicted molar refractivity (Wildman–Crippen MR) is 76.0 cm³/mol. The number of carbonyl (C=O) groups excluding carboxylic acids is 2. The van der Waals surface area contributed by atoms with E-state index >= 15 is 0 Å². The summed E-state index contributed by atoms with van der Waals surface area (Å²) in [5, 5.41) is 0. The zero-order valence-corrected chi connectivity index (χ0v) is 12.2. The maximum absolute atomic E-state index is 12.8. The topological polar surface area (TPSA) is 37.4 Å². The molecule has 0 aromatic heterocycles. The quantitative estimate of drug-likeness (QED) is 0.777. The fourth-order valence-electron chi connectivity index (χ4n) is 5.28. The summed E-state index contributed by atoms with van der Waals surface area (Å²) in [5.41, 5.74) is 0. The number of hydrogen-bond acceptors (Lipinski definition) is 2. The molecule has 4 unspecified atom stereocenters. The van der Waals surface area contributed by atoms with Crippen LogP contribution in [0.1, 0.15) is 57.8 Å². The lowest BCUT2D eigenvalue weighted by molar-refractivity contribution is -0.137. The van der Waals surface area contributed by atoms with E-state index in [4.69, 9.17) is 0 Å². The first kappa shape index (κ1) is 12.8. The molecule has 4 atom stereocenters. The molecule has 1 heterocycles. The Balaban J connectivity index is 1.46. The highest BCUT2D eigenvalue weighted by Crippen LogP contribution is 2.58. The number of nitrogens with zero attached hydrogens (tertiary/aromatic N) is 1. The summed E-state index contributed by atoms with van der Waals surface area (Å²) >= 11 is 0. The maximum atomic E-state index is 12.8. The molecule has 20 heavy (non-hydrogen) atoms. The number of likely N-dealkylation sites (tertiary alicyclic amines) is 1. The van der Waals surface area contributed by atoms with Crippen molar-refractivity contribution < 1.29 is 9.59 Å². The number of ketones is 1. The van der Waals surface area contributed by atoms with Crippen LogP contribution in [0.2, 0.25) is 0 Å². The van der Waals surface area contributed by atoms with Crippen LogP contribution in [-0.4, -0.2) is 29.2 Å². The minimum atomic E-state index is 0.161. The van der Waals surface area contributed by atoms with Crippen molar-refractivity contribution in [3.8, 4) is 0 Å². The van der Waals surface area contributed by atoms with Crippen LogP contribution in [0.4, 0.5) is 0 Å². The standard InChI is InChI=1S/C17H25NO2/c19-15-9-2-1-5-13(15)14-8-4-10-18(14)17(20)16-11-6-3-7-12(11)16/h11-14,16H,1-10H2. The summed E-state index contributed by atoms with van der Waals surface area (Å²) in [7, 11) is 0. The first-order chi connectivity index (χ1) is 9.77. The molecule has 1 aliphatic heterocycles. The second-order valence-electron chi connectivity index (χ2n) is 7.34. The summed E-state index contributed by atoms with van der Waals surface area (Å²) in [5.74, 6) is 2.73. The molecule has 0 N–H and O–H groups in total.